The van der Waals surface area contributed by atoms with Gasteiger partial charge in [0.1, 0.15) is 0 Å². The summed E-state index contributed by atoms with van der Waals surface area (Å²) in [5.41, 5.74) is 1.08. The molecule has 0 saturated carbocycles. The van der Waals surface area contributed by atoms with E-state index in [2.05, 4.69) is 11.8 Å². The first-order chi connectivity index (χ1) is 5.74. The number of ether oxygens (including phenoxy) is 1. The van der Waals surface area contributed by atoms with Gasteiger partial charge in [0, 0.05) is 0 Å². The molecule has 1 radical (unpaired) electrons. The Bertz CT molecular complexity index is 281. The molecule has 1 N–H and O–H groups in total. The second-order valence-corrected chi connectivity index (χ2v) is 2.35. The average molecular weight is 165 g/mol. The van der Waals surface area contributed by atoms with Gasteiger partial charge in [-0.15, -0.1) is 0 Å². The molecule has 0 bridgehead atoms. The van der Waals surface area contributed by atoms with Crippen LogP contribution < -0.4 is 0 Å². The minimum atomic E-state index is -0.930. The predicted octanol–water partition coefficient (Wildman–Crippen LogP) is 1.69. The first kappa shape index (κ1) is 8.74. The second kappa shape index (κ2) is 3.88. The van der Waals surface area contributed by atoms with Crippen LogP contribution in [0.25, 0.3) is 0 Å². The summed E-state index contributed by atoms with van der Waals surface area (Å²) in [5, 5.41) is 8.62. The van der Waals surface area contributed by atoms with Crippen molar-refractivity contribution < 1.29 is 14.6 Å². The van der Waals surface area contributed by atoms with E-state index in [4.69, 9.17) is 5.11 Å². The topological polar surface area (TPSA) is 46.5 Å². The highest BCUT2D eigenvalue weighted by Crippen LogP contribution is 2.06. The normalized spacial score (nSPS) is 9.75. The van der Waals surface area contributed by atoms with Crippen molar-refractivity contribution in [3.05, 3.63) is 42.5 Å². The van der Waals surface area contributed by atoms with Crippen LogP contribution in [0.1, 0.15) is 15.9 Å². The quantitative estimate of drug-likeness (QED) is 0.741. The molecule has 3 nitrogen and oxygen atoms in total. The van der Waals surface area contributed by atoms with Gasteiger partial charge in [-0.2, -0.15) is 0 Å². The maximum atomic E-state index is 10.5. The fourth-order valence-electron chi connectivity index (χ4n) is 0.912. The van der Waals surface area contributed by atoms with E-state index in [1.54, 1.807) is 18.2 Å². The summed E-state index contributed by atoms with van der Waals surface area (Å²) in [6.45, 7) is 0.334. The van der Waals surface area contributed by atoms with Gasteiger partial charge >= 0.3 is 5.97 Å². The summed E-state index contributed by atoms with van der Waals surface area (Å²) in [6.07, 6.45) is 0. The van der Waals surface area contributed by atoms with E-state index >= 15 is 0 Å². The van der Waals surface area contributed by atoms with Crippen molar-refractivity contribution in [2.75, 3.05) is 0 Å². The summed E-state index contributed by atoms with van der Waals surface area (Å²) >= 11 is 0. The summed E-state index contributed by atoms with van der Waals surface area (Å²) < 4.78 is 4.62. The molecule has 0 aliphatic rings. The molecule has 1 rings (SSSR count). The van der Waals surface area contributed by atoms with Crippen molar-refractivity contribution in [2.24, 2.45) is 0 Å². The van der Waals surface area contributed by atoms with Crippen LogP contribution in [0, 0.1) is 7.11 Å². The summed E-state index contributed by atoms with van der Waals surface area (Å²) in [7, 11) is 3.21. The Hall–Kier alpha value is -1.35. The van der Waals surface area contributed by atoms with Gasteiger partial charge in [-0.25, -0.2) is 4.79 Å². The Morgan fingerprint density at radius 1 is 1.58 bits per heavy atom. The molecule has 63 valence electrons. The monoisotopic (exact) mass is 165 g/mol. The highest BCUT2D eigenvalue weighted by molar-refractivity contribution is 5.87. The maximum absolute atomic E-state index is 10.5. The molecule has 0 unspecified atom stereocenters. The largest absolute Gasteiger partial charge is 0.478 e. The van der Waals surface area contributed by atoms with E-state index in [1.165, 1.54) is 6.07 Å². The van der Waals surface area contributed by atoms with Crippen LogP contribution >= 0.6 is 0 Å². The molecule has 0 atom stereocenters. The van der Waals surface area contributed by atoms with Crippen molar-refractivity contribution in [2.45, 2.75) is 6.61 Å². The number of hydrogen-bond acceptors (Lipinski definition) is 2. The van der Waals surface area contributed by atoms with Crippen LogP contribution in [-0.2, 0) is 11.3 Å². The molecule has 1 aromatic rings. The predicted molar refractivity (Wildman–Crippen MR) is 43.5 cm³/mol. The van der Waals surface area contributed by atoms with Crippen molar-refractivity contribution >= 4 is 5.97 Å². The summed E-state index contributed by atoms with van der Waals surface area (Å²) in [6, 6.07) is 6.57. The SMILES string of the molecule is [CH2]OCc1cccc(C(=O)O)c1. The second-order valence-electron chi connectivity index (χ2n) is 2.35. The third kappa shape index (κ3) is 2.07. The Morgan fingerprint density at radius 3 is 2.92 bits per heavy atom. The lowest BCUT2D eigenvalue weighted by Gasteiger charge is -1.99. The van der Waals surface area contributed by atoms with Crippen molar-refractivity contribution in [1.82, 2.24) is 0 Å². The molecular weight excluding hydrogens is 156 g/mol. The highest BCUT2D eigenvalue weighted by Gasteiger charge is 2.01. The van der Waals surface area contributed by atoms with Gasteiger partial charge in [-0.05, 0) is 17.7 Å². The molecule has 0 amide bonds. The molecule has 0 aliphatic carbocycles. The number of carbonyl (C=O) groups is 1. The Balaban J connectivity index is 2.88. The molecule has 0 saturated heterocycles. The molecule has 12 heavy (non-hydrogen) atoms. The first-order valence-electron chi connectivity index (χ1n) is 3.43. The Kier molecular flexibility index (Phi) is 2.82. The van der Waals surface area contributed by atoms with Crippen LogP contribution in [-0.4, -0.2) is 11.1 Å². The van der Waals surface area contributed by atoms with Crippen molar-refractivity contribution in [1.29, 1.82) is 0 Å². The third-order valence-electron chi connectivity index (χ3n) is 1.44. The Morgan fingerprint density at radius 2 is 2.33 bits per heavy atom. The van der Waals surface area contributed by atoms with Gasteiger partial charge in [0.25, 0.3) is 0 Å². The molecular formula is C9H9O3. The van der Waals surface area contributed by atoms with Crippen LogP contribution in [0.4, 0.5) is 0 Å². The highest BCUT2D eigenvalue weighted by atomic mass is 16.5. The summed E-state index contributed by atoms with van der Waals surface area (Å²) in [4.78, 5) is 10.5. The zero-order valence-corrected chi connectivity index (χ0v) is 6.49. The Labute approximate surface area is 70.6 Å². The standard InChI is InChI=1S/C9H9O3/c1-12-6-7-3-2-4-8(5-7)9(10)11/h2-5H,1,6H2,(H,10,11). The van der Waals surface area contributed by atoms with Gasteiger partial charge in [0.15, 0.2) is 0 Å². The fraction of sp³-hybridized carbons (Fsp3) is 0.111. The van der Waals surface area contributed by atoms with E-state index in [0.29, 0.717) is 6.61 Å². The van der Waals surface area contributed by atoms with Crippen LogP contribution in [0.2, 0.25) is 0 Å². The van der Waals surface area contributed by atoms with Crippen LogP contribution in [0.15, 0.2) is 24.3 Å². The first-order valence-corrected chi connectivity index (χ1v) is 3.43. The molecule has 0 heterocycles. The molecule has 0 fully saturated rings. The number of carboxylic acids is 1. The fourth-order valence-corrected chi connectivity index (χ4v) is 0.912. The number of benzene rings is 1. The van der Waals surface area contributed by atoms with E-state index in [0.717, 1.165) is 5.56 Å². The zero-order valence-electron chi connectivity index (χ0n) is 6.49. The lowest BCUT2D eigenvalue weighted by molar-refractivity contribution is 0.0696. The van der Waals surface area contributed by atoms with Crippen molar-refractivity contribution in [3.8, 4) is 0 Å². The number of rotatable bonds is 3. The minimum Gasteiger partial charge on any atom is -0.478 e. The van der Waals surface area contributed by atoms with Gasteiger partial charge in [-0.1, -0.05) is 12.1 Å². The lowest BCUT2D eigenvalue weighted by Crippen LogP contribution is -1.97. The third-order valence-corrected chi connectivity index (χ3v) is 1.44. The minimum absolute atomic E-state index is 0.268. The van der Waals surface area contributed by atoms with Crippen LogP contribution in [0.3, 0.4) is 0 Å². The average Bonchev–Trinajstić information content (AvgIpc) is 2.05. The van der Waals surface area contributed by atoms with E-state index in [1.807, 2.05) is 0 Å². The van der Waals surface area contributed by atoms with Crippen molar-refractivity contribution in [3.63, 3.8) is 0 Å². The van der Waals surface area contributed by atoms with E-state index in [9.17, 15) is 4.79 Å². The smallest absolute Gasteiger partial charge is 0.335 e. The lowest BCUT2D eigenvalue weighted by atomic mass is 10.1. The summed E-state index contributed by atoms with van der Waals surface area (Å²) in [5.74, 6) is -0.930. The number of carboxylic acid groups (broad SMARTS) is 1. The van der Waals surface area contributed by atoms with E-state index in [-0.39, 0.29) is 5.56 Å². The molecule has 3 heteroatoms. The van der Waals surface area contributed by atoms with Gasteiger partial charge in [0.2, 0.25) is 0 Å². The number of aromatic carboxylic acids is 1. The molecule has 0 spiro atoms. The number of hydrogen-bond donors (Lipinski definition) is 1. The molecule has 0 aliphatic heterocycles. The van der Waals surface area contributed by atoms with E-state index < -0.39 is 5.97 Å². The zero-order chi connectivity index (χ0) is 8.97. The van der Waals surface area contributed by atoms with Crippen LogP contribution in [0.5, 0.6) is 0 Å². The van der Waals surface area contributed by atoms with Gasteiger partial charge in [-0.3, -0.25) is 0 Å². The molecule has 0 aromatic heterocycles. The van der Waals surface area contributed by atoms with Gasteiger partial charge < -0.3 is 9.84 Å². The maximum Gasteiger partial charge on any atom is 0.335 e. The molecule has 1 aromatic carbocycles. The van der Waals surface area contributed by atoms with Gasteiger partial charge in [0.05, 0.1) is 19.3 Å².